The second-order valence-electron chi connectivity index (χ2n) is 4.50. The molecule has 5 nitrogen and oxygen atoms in total. The lowest BCUT2D eigenvalue weighted by molar-refractivity contribution is 0.0978. The average Bonchev–Trinajstić information content (AvgIpc) is 2.97. The Morgan fingerprint density at radius 3 is 2.74 bits per heavy atom. The van der Waals surface area contributed by atoms with Crippen molar-refractivity contribution in [1.82, 2.24) is 14.1 Å². The number of amides is 1. The summed E-state index contributed by atoms with van der Waals surface area (Å²) in [5, 5.41) is 5.20. The van der Waals surface area contributed by atoms with E-state index >= 15 is 0 Å². The Bertz CT molecular complexity index is 915. The van der Waals surface area contributed by atoms with Gasteiger partial charge in [-0.3, -0.25) is 10.1 Å². The summed E-state index contributed by atoms with van der Waals surface area (Å²) in [4.78, 5) is 12.2. The zero-order valence-corrected chi connectivity index (χ0v) is 15.1. The summed E-state index contributed by atoms with van der Waals surface area (Å²) in [5.41, 5.74) is 1.98. The van der Waals surface area contributed by atoms with Gasteiger partial charge in [0, 0.05) is 9.13 Å². The van der Waals surface area contributed by atoms with Crippen LogP contribution in [0.4, 0.5) is 10.1 Å². The number of aromatic nitrogens is 2. The van der Waals surface area contributed by atoms with Crippen LogP contribution in [0.3, 0.4) is 0 Å². The first-order chi connectivity index (χ1) is 11.0. The summed E-state index contributed by atoms with van der Waals surface area (Å²) < 4.78 is 22.7. The minimum Gasteiger partial charge on any atom is -0.330 e. The smallest absolute Gasteiger partial charge is 0.257 e. The molecule has 0 aliphatic heterocycles. The fraction of sp³-hybridized carbons (Fsp3) is 0. The average molecular weight is 458 g/mol. The van der Waals surface area contributed by atoms with Crippen molar-refractivity contribution in [2.45, 2.75) is 0 Å². The van der Waals surface area contributed by atoms with E-state index in [-0.39, 0.29) is 10.8 Å². The van der Waals surface area contributed by atoms with E-state index in [0.29, 0.717) is 11.1 Å². The van der Waals surface area contributed by atoms with Crippen LogP contribution in [0, 0.1) is 9.39 Å². The highest BCUT2D eigenvalue weighted by Gasteiger charge is 2.11. The van der Waals surface area contributed by atoms with Gasteiger partial charge in [0.2, 0.25) is 0 Å². The highest BCUT2D eigenvalue weighted by atomic mass is 127. The Balaban J connectivity index is 1.70. The van der Waals surface area contributed by atoms with Gasteiger partial charge in [0.25, 0.3) is 5.91 Å². The Labute approximate surface area is 153 Å². The number of anilines is 1. The van der Waals surface area contributed by atoms with Crippen molar-refractivity contribution in [2.24, 2.45) is 0 Å². The van der Waals surface area contributed by atoms with Crippen LogP contribution in [-0.4, -0.2) is 19.8 Å². The predicted octanol–water partition coefficient (Wildman–Crippen LogP) is 3.56. The van der Waals surface area contributed by atoms with Crippen molar-refractivity contribution < 1.29 is 9.18 Å². The van der Waals surface area contributed by atoms with Crippen molar-refractivity contribution >= 4 is 74.3 Å². The van der Waals surface area contributed by atoms with E-state index in [1.807, 2.05) is 22.6 Å². The summed E-state index contributed by atoms with van der Waals surface area (Å²) in [5.74, 6) is -0.841. The summed E-state index contributed by atoms with van der Waals surface area (Å²) in [6, 6.07) is 9.64. The first-order valence-electron chi connectivity index (χ1n) is 6.32. The van der Waals surface area contributed by atoms with Gasteiger partial charge in [-0.15, -0.1) is 0 Å². The number of benzene rings is 2. The van der Waals surface area contributed by atoms with Gasteiger partial charge in [0.15, 0.2) is 5.11 Å². The Kier molecular flexibility index (Phi) is 4.78. The molecule has 0 aliphatic rings. The van der Waals surface area contributed by atoms with Gasteiger partial charge in [0.1, 0.15) is 16.9 Å². The number of thiocarbonyl (C=S) groups is 1. The van der Waals surface area contributed by atoms with Gasteiger partial charge in [-0.05, 0) is 71.2 Å². The molecule has 3 aromatic rings. The van der Waals surface area contributed by atoms with Crippen LogP contribution in [0.5, 0.6) is 0 Å². The molecular weight excluding hydrogens is 450 g/mol. The van der Waals surface area contributed by atoms with Crippen molar-refractivity contribution in [3.63, 3.8) is 0 Å². The largest absolute Gasteiger partial charge is 0.330 e. The van der Waals surface area contributed by atoms with Crippen molar-refractivity contribution in [3.05, 3.63) is 51.3 Å². The Hall–Kier alpha value is -1.72. The lowest BCUT2D eigenvalue weighted by Gasteiger charge is -2.10. The van der Waals surface area contributed by atoms with E-state index in [4.69, 9.17) is 12.2 Å². The molecule has 2 aromatic carbocycles. The Morgan fingerprint density at radius 1 is 1.17 bits per heavy atom. The maximum Gasteiger partial charge on any atom is 0.257 e. The fourth-order valence-electron chi connectivity index (χ4n) is 1.84. The minimum absolute atomic E-state index is 0.0200. The quantitative estimate of drug-likeness (QED) is 0.454. The fourth-order valence-corrected chi connectivity index (χ4v) is 3.02. The molecule has 0 atom stereocenters. The molecule has 9 heteroatoms. The third-order valence-corrected chi connectivity index (χ3v) is 4.35. The van der Waals surface area contributed by atoms with E-state index < -0.39 is 11.7 Å². The second kappa shape index (κ2) is 6.81. The molecule has 2 N–H and O–H groups in total. The normalized spacial score (nSPS) is 10.5. The van der Waals surface area contributed by atoms with Crippen LogP contribution in [0.15, 0.2) is 36.4 Å². The number of nitrogens with zero attached hydrogens (tertiary/aromatic N) is 2. The van der Waals surface area contributed by atoms with E-state index in [1.54, 1.807) is 30.3 Å². The molecule has 3 rings (SSSR count). The lowest BCUT2D eigenvalue weighted by Crippen LogP contribution is -2.34. The molecule has 1 heterocycles. The monoisotopic (exact) mass is 458 g/mol. The standard InChI is InChI=1S/C14H8FIN4OS2/c15-9-6-8(16)2-4-10(9)17-14(22)18-13(21)7-1-3-11-12(5-7)20-23-19-11/h1-6H,(H2,17,18,21,22). The van der Waals surface area contributed by atoms with Gasteiger partial charge >= 0.3 is 0 Å². The molecule has 0 aliphatic carbocycles. The van der Waals surface area contributed by atoms with Crippen LogP contribution < -0.4 is 10.6 Å². The van der Waals surface area contributed by atoms with Crippen LogP contribution in [-0.2, 0) is 0 Å². The van der Waals surface area contributed by atoms with Crippen molar-refractivity contribution in [3.8, 4) is 0 Å². The number of hydrogen-bond donors (Lipinski definition) is 2. The molecule has 0 spiro atoms. The van der Waals surface area contributed by atoms with E-state index in [9.17, 15) is 9.18 Å². The van der Waals surface area contributed by atoms with E-state index in [2.05, 4.69) is 19.4 Å². The van der Waals surface area contributed by atoms with Gasteiger partial charge < -0.3 is 5.32 Å². The van der Waals surface area contributed by atoms with Crippen LogP contribution in [0.1, 0.15) is 10.4 Å². The molecule has 1 aromatic heterocycles. The minimum atomic E-state index is -0.441. The van der Waals surface area contributed by atoms with Crippen LogP contribution in [0.2, 0.25) is 0 Å². The summed E-state index contributed by atoms with van der Waals surface area (Å²) in [6.45, 7) is 0. The third kappa shape index (κ3) is 3.79. The van der Waals surface area contributed by atoms with Crippen molar-refractivity contribution in [2.75, 3.05) is 5.32 Å². The van der Waals surface area contributed by atoms with Gasteiger partial charge in [-0.2, -0.15) is 8.75 Å². The highest BCUT2D eigenvalue weighted by molar-refractivity contribution is 14.1. The Morgan fingerprint density at radius 2 is 1.96 bits per heavy atom. The molecule has 0 radical (unpaired) electrons. The van der Waals surface area contributed by atoms with Gasteiger partial charge in [0.05, 0.1) is 17.4 Å². The van der Waals surface area contributed by atoms with E-state index in [1.165, 1.54) is 6.07 Å². The summed E-state index contributed by atoms with van der Waals surface area (Å²) >= 11 is 8.14. The molecule has 116 valence electrons. The number of halogens is 2. The van der Waals surface area contributed by atoms with Crippen LogP contribution in [0.25, 0.3) is 11.0 Å². The molecule has 0 fully saturated rings. The molecule has 23 heavy (non-hydrogen) atoms. The number of nitrogens with one attached hydrogen (secondary N) is 2. The number of fused-ring (bicyclic) bond motifs is 1. The van der Waals surface area contributed by atoms with Crippen LogP contribution >= 0.6 is 46.5 Å². The second-order valence-corrected chi connectivity index (χ2v) is 6.68. The topological polar surface area (TPSA) is 66.9 Å². The highest BCUT2D eigenvalue weighted by Crippen LogP contribution is 2.17. The maximum absolute atomic E-state index is 13.8. The third-order valence-electron chi connectivity index (χ3n) is 2.92. The molecule has 0 saturated heterocycles. The summed E-state index contributed by atoms with van der Waals surface area (Å²) in [7, 11) is 0. The number of carbonyl (C=O) groups excluding carboxylic acids is 1. The molecule has 1 amide bonds. The number of carbonyl (C=O) groups is 1. The van der Waals surface area contributed by atoms with Gasteiger partial charge in [-0.1, -0.05) is 0 Å². The van der Waals surface area contributed by atoms with Gasteiger partial charge in [-0.25, -0.2) is 4.39 Å². The van der Waals surface area contributed by atoms with Crippen molar-refractivity contribution in [1.29, 1.82) is 0 Å². The number of rotatable bonds is 2. The SMILES string of the molecule is O=C(NC(=S)Nc1ccc(I)cc1F)c1ccc2nsnc2c1. The number of hydrogen-bond acceptors (Lipinski definition) is 5. The first-order valence-corrected chi connectivity index (χ1v) is 8.54. The van der Waals surface area contributed by atoms with E-state index in [0.717, 1.165) is 20.8 Å². The predicted molar refractivity (Wildman–Crippen MR) is 100 cm³/mol. The lowest BCUT2D eigenvalue weighted by atomic mass is 10.2. The summed E-state index contributed by atoms with van der Waals surface area (Å²) in [6.07, 6.45) is 0. The molecular formula is C14H8FIN4OS2. The molecule has 0 unspecified atom stereocenters. The molecule has 0 bridgehead atoms. The first kappa shape index (κ1) is 16.1. The maximum atomic E-state index is 13.8. The zero-order chi connectivity index (χ0) is 16.4. The molecule has 0 saturated carbocycles. The zero-order valence-electron chi connectivity index (χ0n) is 11.3.